The van der Waals surface area contributed by atoms with Crippen molar-refractivity contribution in [2.45, 2.75) is 45.6 Å². The second-order valence-corrected chi connectivity index (χ2v) is 6.44. The van der Waals surface area contributed by atoms with Gasteiger partial charge in [0.25, 0.3) is 0 Å². The fourth-order valence-electron chi connectivity index (χ4n) is 2.58. The van der Waals surface area contributed by atoms with Crippen LogP contribution < -0.4 is 5.32 Å². The molecular formula is C17H23N3OS. The lowest BCUT2D eigenvalue weighted by molar-refractivity contribution is -0.116. The van der Waals surface area contributed by atoms with Crippen molar-refractivity contribution in [3.8, 4) is 0 Å². The van der Waals surface area contributed by atoms with E-state index in [1.807, 2.05) is 38.1 Å². The van der Waals surface area contributed by atoms with Gasteiger partial charge in [-0.15, -0.1) is 11.8 Å². The Balaban J connectivity index is 2.11. The van der Waals surface area contributed by atoms with Gasteiger partial charge in [-0.2, -0.15) is 5.10 Å². The number of hydrogen-bond donors (Lipinski definition) is 1. The molecule has 4 nitrogen and oxygen atoms in total. The summed E-state index contributed by atoms with van der Waals surface area (Å²) in [7, 11) is 0. The fourth-order valence-corrected chi connectivity index (χ4v) is 3.34. The quantitative estimate of drug-likeness (QED) is 0.824. The Morgan fingerprint density at radius 1 is 1.27 bits per heavy atom. The monoisotopic (exact) mass is 317 g/mol. The molecule has 1 aromatic heterocycles. The van der Waals surface area contributed by atoms with Crippen LogP contribution in [-0.4, -0.2) is 21.4 Å². The maximum atomic E-state index is 12.3. The Labute approximate surface area is 136 Å². The van der Waals surface area contributed by atoms with E-state index in [-0.39, 0.29) is 12.5 Å². The molecule has 1 N–H and O–H groups in total. The van der Waals surface area contributed by atoms with Gasteiger partial charge < -0.3 is 5.32 Å². The van der Waals surface area contributed by atoms with Crippen molar-refractivity contribution >= 4 is 23.4 Å². The lowest BCUT2D eigenvalue weighted by Gasteiger charge is -2.11. The molecule has 5 heteroatoms. The first-order valence-electron chi connectivity index (χ1n) is 7.61. The number of aromatic nitrogens is 2. The molecule has 1 heterocycles. The maximum absolute atomic E-state index is 12.3. The summed E-state index contributed by atoms with van der Waals surface area (Å²) in [5, 5.41) is 7.47. The van der Waals surface area contributed by atoms with Gasteiger partial charge in [-0.1, -0.05) is 26.0 Å². The van der Waals surface area contributed by atoms with Gasteiger partial charge in [0.1, 0.15) is 6.54 Å². The second-order valence-electron chi connectivity index (χ2n) is 5.14. The van der Waals surface area contributed by atoms with E-state index in [1.165, 1.54) is 5.56 Å². The standard InChI is InChI=1S/C17H23N3OS/c1-5-14-12(3)19-20(13(14)4)11-17(21)18-15-9-7-8-10-16(15)22-6-2/h7-10H,5-6,11H2,1-4H3,(H,18,21). The summed E-state index contributed by atoms with van der Waals surface area (Å²) >= 11 is 1.73. The number of amides is 1. The minimum atomic E-state index is -0.0441. The number of aryl methyl sites for hydroxylation is 1. The zero-order valence-electron chi connectivity index (χ0n) is 13.6. The molecule has 0 fully saturated rings. The average molecular weight is 317 g/mol. The average Bonchev–Trinajstić information content (AvgIpc) is 2.75. The Morgan fingerprint density at radius 3 is 2.64 bits per heavy atom. The Morgan fingerprint density at radius 2 is 2.00 bits per heavy atom. The largest absolute Gasteiger partial charge is 0.323 e. The van der Waals surface area contributed by atoms with Gasteiger partial charge in [-0.25, -0.2) is 0 Å². The summed E-state index contributed by atoms with van der Waals surface area (Å²) in [5.41, 5.74) is 4.19. The third-order valence-electron chi connectivity index (χ3n) is 3.64. The molecule has 22 heavy (non-hydrogen) atoms. The van der Waals surface area contributed by atoms with Crippen molar-refractivity contribution in [2.75, 3.05) is 11.1 Å². The molecule has 0 aliphatic carbocycles. The third kappa shape index (κ3) is 3.71. The number of hydrogen-bond acceptors (Lipinski definition) is 3. The molecule has 0 atom stereocenters. The number of benzene rings is 1. The van der Waals surface area contributed by atoms with Gasteiger partial charge in [0.15, 0.2) is 0 Å². The van der Waals surface area contributed by atoms with E-state index >= 15 is 0 Å². The molecule has 0 spiro atoms. The van der Waals surface area contributed by atoms with Crippen LogP contribution in [0, 0.1) is 13.8 Å². The molecular weight excluding hydrogens is 294 g/mol. The van der Waals surface area contributed by atoms with Gasteiger partial charge in [0.2, 0.25) is 5.91 Å². The molecule has 0 saturated carbocycles. The molecule has 118 valence electrons. The van der Waals surface area contributed by atoms with E-state index in [0.717, 1.165) is 34.1 Å². The molecule has 0 aliphatic heterocycles. The molecule has 0 radical (unpaired) electrons. The maximum Gasteiger partial charge on any atom is 0.246 e. The van der Waals surface area contributed by atoms with Gasteiger partial charge >= 0.3 is 0 Å². The van der Waals surface area contributed by atoms with E-state index in [9.17, 15) is 4.79 Å². The second kappa shape index (κ2) is 7.49. The predicted octanol–water partition coefficient (Wildman–Crippen LogP) is 3.81. The topological polar surface area (TPSA) is 46.9 Å². The third-order valence-corrected chi connectivity index (χ3v) is 4.59. The van der Waals surface area contributed by atoms with Gasteiger partial charge in [-0.05, 0) is 43.7 Å². The zero-order valence-corrected chi connectivity index (χ0v) is 14.5. The minimum absolute atomic E-state index is 0.0441. The van der Waals surface area contributed by atoms with Crippen LogP contribution in [0.15, 0.2) is 29.2 Å². The summed E-state index contributed by atoms with van der Waals surface area (Å²) in [6.07, 6.45) is 0.940. The van der Waals surface area contributed by atoms with Crippen LogP contribution in [-0.2, 0) is 17.8 Å². The van der Waals surface area contributed by atoms with Gasteiger partial charge in [0.05, 0.1) is 11.4 Å². The van der Waals surface area contributed by atoms with Crippen LogP contribution in [0.5, 0.6) is 0 Å². The van der Waals surface area contributed by atoms with Crippen LogP contribution in [0.3, 0.4) is 0 Å². The molecule has 1 aromatic carbocycles. The number of anilines is 1. The number of thioether (sulfide) groups is 1. The zero-order chi connectivity index (χ0) is 16.1. The fraction of sp³-hybridized carbons (Fsp3) is 0.412. The first kappa shape index (κ1) is 16.6. The molecule has 0 unspecified atom stereocenters. The lowest BCUT2D eigenvalue weighted by Crippen LogP contribution is -2.20. The Bertz CT molecular complexity index is 664. The van der Waals surface area contributed by atoms with Gasteiger partial charge in [-0.3, -0.25) is 9.48 Å². The van der Waals surface area contributed by atoms with Crippen molar-refractivity contribution in [1.82, 2.24) is 9.78 Å². The highest BCUT2D eigenvalue weighted by molar-refractivity contribution is 7.99. The summed E-state index contributed by atoms with van der Waals surface area (Å²) in [5.74, 6) is 0.932. The van der Waals surface area contributed by atoms with E-state index in [2.05, 4.69) is 24.3 Å². The SMILES string of the molecule is CCSc1ccccc1NC(=O)Cn1nc(C)c(CC)c1C. The molecule has 1 amide bonds. The van der Waals surface area contributed by atoms with Crippen molar-refractivity contribution in [1.29, 1.82) is 0 Å². The van der Waals surface area contributed by atoms with Crippen LogP contribution in [0.2, 0.25) is 0 Å². The van der Waals surface area contributed by atoms with E-state index in [4.69, 9.17) is 0 Å². The molecule has 0 aliphatic rings. The number of carbonyl (C=O) groups is 1. The molecule has 2 aromatic rings. The van der Waals surface area contributed by atoms with Crippen LogP contribution in [0.4, 0.5) is 5.69 Å². The molecule has 2 rings (SSSR count). The van der Waals surface area contributed by atoms with Crippen molar-refractivity contribution in [3.63, 3.8) is 0 Å². The van der Waals surface area contributed by atoms with Gasteiger partial charge in [0, 0.05) is 10.6 Å². The minimum Gasteiger partial charge on any atom is -0.323 e. The first-order chi connectivity index (χ1) is 10.6. The van der Waals surface area contributed by atoms with E-state index < -0.39 is 0 Å². The van der Waals surface area contributed by atoms with Crippen LogP contribution in [0.1, 0.15) is 30.8 Å². The lowest BCUT2D eigenvalue weighted by atomic mass is 10.1. The predicted molar refractivity (Wildman–Crippen MR) is 92.5 cm³/mol. The number of rotatable bonds is 6. The van der Waals surface area contributed by atoms with E-state index in [1.54, 1.807) is 16.4 Å². The first-order valence-corrected chi connectivity index (χ1v) is 8.59. The Hall–Kier alpha value is -1.75. The highest BCUT2D eigenvalue weighted by atomic mass is 32.2. The van der Waals surface area contributed by atoms with Crippen molar-refractivity contribution in [2.24, 2.45) is 0 Å². The van der Waals surface area contributed by atoms with E-state index in [0.29, 0.717) is 0 Å². The van der Waals surface area contributed by atoms with Crippen LogP contribution in [0.25, 0.3) is 0 Å². The smallest absolute Gasteiger partial charge is 0.246 e. The number of para-hydroxylation sites is 1. The number of nitrogens with one attached hydrogen (secondary N) is 1. The molecule has 0 saturated heterocycles. The summed E-state index contributed by atoms with van der Waals surface area (Å²) in [6.45, 7) is 8.48. The molecule has 0 bridgehead atoms. The summed E-state index contributed by atoms with van der Waals surface area (Å²) < 4.78 is 1.79. The highest BCUT2D eigenvalue weighted by Gasteiger charge is 2.13. The highest BCUT2D eigenvalue weighted by Crippen LogP contribution is 2.26. The van der Waals surface area contributed by atoms with Crippen molar-refractivity contribution in [3.05, 3.63) is 41.2 Å². The van der Waals surface area contributed by atoms with Crippen molar-refractivity contribution < 1.29 is 4.79 Å². The summed E-state index contributed by atoms with van der Waals surface area (Å²) in [4.78, 5) is 13.4. The Kier molecular flexibility index (Phi) is 5.66. The van der Waals surface area contributed by atoms with Crippen LogP contribution >= 0.6 is 11.8 Å². The summed E-state index contributed by atoms with van der Waals surface area (Å²) in [6, 6.07) is 7.90. The normalized spacial score (nSPS) is 10.7. The number of nitrogens with zero attached hydrogens (tertiary/aromatic N) is 2. The number of carbonyl (C=O) groups excluding carboxylic acids is 1.